The molecular weight excluding hydrogens is 696 g/mol. The van der Waals surface area contributed by atoms with Crippen molar-refractivity contribution in [3.8, 4) is 0 Å². The summed E-state index contributed by atoms with van der Waals surface area (Å²) in [7, 11) is 0. The van der Waals surface area contributed by atoms with Crippen LogP contribution in [-0.4, -0.2) is 110 Å². The number of benzene rings is 2. The summed E-state index contributed by atoms with van der Waals surface area (Å²) in [5.41, 5.74) is 0.937. The van der Waals surface area contributed by atoms with Gasteiger partial charge in [-0.25, -0.2) is 31.9 Å². The fourth-order valence-electron chi connectivity index (χ4n) is 8.94. The van der Waals surface area contributed by atoms with Crippen molar-refractivity contribution >= 4 is 28.2 Å². The molecular formula is C37H48F4N8O4. The van der Waals surface area contributed by atoms with Crippen molar-refractivity contribution in [3.05, 3.63) is 68.5 Å². The zero-order valence-electron chi connectivity index (χ0n) is 30.5. The largest absolute Gasteiger partial charge is 0.450 e. The first-order valence-corrected chi connectivity index (χ1v) is 18.6. The highest BCUT2D eigenvalue weighted by Crippen LogP contribution is 2.35. The Morgan fingerprint density at radius 3 is 1.66 bits per heavy atom. The van der Waals surface area contributed by atoms with Crippen LogP contribution in [0.2, 0.25) is 0 Å². The van der Waals surface area contributed by atoms with Crippen molar-refractivity contribution < 1.29 is 27.1 Å². The number of imidazole rings is 2. The molecule has 4 aliphatic rings. The number of hydrogen-bond acceptors (Lipinski definition) is 7. The highest BCUT2D eigenvalue weighted by atomic mass is 19.2. The molecule has 0 bridgehead atoms. The van der Waals surface area contributed by atoms with Gasteiger partial charge in [-0.1, -0.05) is 0 Å². The van der Waals surface area contributed by atoms with E-state index in [-0.39, 0.29) is 40.6 Å². The third-order valence-corrected chi connectivity index (χ3v) is 12.0. The van der Waals surface area contributed by atoms with E-state index in [0.29, 0.717) is 41.8 Å². The summed E-state index contributed by atoms with van der Waals surface area (Å²) in [5.74, 6) is -3.79. The number of ether oxygens (including phenoxy) is 1. The van der Waals surface area contributed by atoms with E-state index >= 15 is 0 Å². The fourth-order valence-corrected chi connectivity index (χ4v) is 8.94. The van der Waals surface area contributed by atoms with Gasteiger partial charge in [0.05, 0.1) is 28.7 Å². The van der Waals surface area contributed by atoms with E-state index in [9.17, 15) is 31.9 Å². The maximum atomic E-state index is 13.7. The zero-order valence-corrected chi connectivity index (χ0v) is 30.5. The molecule has 4 aliphatic heterocycles. The van der Waals surface area contributed by atoms with Gasteiger partial charge in [-0.05, 0) is 65.8 Å². The lowest BCUT2D eigenvalue weighted by atomic mass is 9.94. The number of carbonyl (C=O) groups excluding carboxylic acids is 1. The number of nitrogens with zero attached hydrogens (tertiary/aromatic N) is 5. The molecule has 53 heavy (non-hydrogen) atoms. The lowest BCUT2D eigenvalue weighted by Crippen LogP contribution is -2.52. The third-order valence-electron chi connectivity index (χ3n) is 12.0. The van der Waals surface area contributed by atoms with Gasteiger partial charge in [0.2, 0.25) is 0 Å². The second kappa shape index (κ2) is 14.6. The number of piperidine rings is 2. The Bertz CT molecular complexity index is 2090. The Kier molecular flexibility index (Phi) is 10.2. The van der Waals surface area contributed by atoms with E-state index in [1.165, 1.54) is 0 Å². The van der Waals surface area contributed by atoms with Crippen molar-refractivity contribution in [3.63, 3.8) is 0 Å². The molecule has 2 aromatic heterocycles. The summed E-state index contributed by atoms with van der Waals surface area (Å²) in [6, 6.07) is 4.24. The van der Waals surface area contributed by atoms with Gasteiger partial charge < -0.3 is 24.9 Å². The predicted octanol–water partition coefficient (Wildman–Crippen LogP) is 4.86. The first kappa shape index (κ1) is 37.2. The zero-order chi connectivity index (χ0) is 37.7. The van der Waals surface area contributed by atoms with E-state index in [1.54, 1.807) is 21.0 Å². The molecule has 2 atom stereocenters. The lowest BCUT2D eigenvalue weighted by molar-refractivity contribution is 0.0640. The number of aromatic nitrogens is 4. The molecule has 4 saturated heterocycles. The Hall–Kier alpha value is -4.15. The topological polar surface area (TPSA) is 124 Å². The summed E-state index contributed by atoms with van der Waals surface area (Å²) in [6.45, 7) is 13.3. The van der Waals surface area contributed by atoms with Crippen molar-refractivity contribution in [1.82, 2.24) is 39.1 Å². The monoisotopic (exact) mass is 744 g/mol. The number of aromatic amines is 2. The summed E-state index contributed by atoms with van der Waals surface area (Å²) in [5, 5.41) is 3.41. The Morgan fingerprint density at radius 2 is 1.21 bits per heavy atom. The van der Waals surface area contributed by atoms with Crippen molar-refractivity contribution in [2.75, 3.05) is 59.0 Å². The molecule has 4 fully saturated rings. The summed E-state index contributed by atoms with van der Waals surface area (Å²) in [4.78, 5) is 48.6. The quantitative estimate of drug-likeness (QED) is 0.250. The maximum absolute atomic E-state index is 13.7. The molecule has 0 saturated carbocycles. The molecule has 2 unspecified atom stereocenters. The number of nitrogens with one attached hydrogen (secondary N) is 3. The lowest BCUT2D eigenvalue weighted by Gasteiger charge is -2.43. The van der Waals surface area contributed by atoms with Gasteiger partial charge in [-0.2, -0.15) is 0 Å². The van der Waals surface area contributed by atoms with Gasteiger partial charge >= 0.3 is 17.5 Å². The van der Waals surface area contributed by atoms with Crippen LogP contribution in [0.15, 0.2) is 33.9 Å². The second-order valence-electron chi connectivity index (χ2n) is 15.4. The van der Waals surface area contributed by atoms with Crippen LogP contribution in [0.4, 0.5) is 22.4 Å². The van der Waals surface area contributed by atoms with E-state index in [2.05, 4.69) is 38.9 Å². The van der Waals surface area contributed by atoms with Gasteiger partial charge in [-0.15, -0.1) is 0 Å². The normalized spacial score (nSPS) is 25.0. The summed E-state index contributed by atoms with van der Waals surface area (Å²) in [6.07, 6.45) is 4.85. The summed E-state index contributed by atoms with van der Waals surface area (Å²) < 4.78 is 62.5. The minimum Gasteiger partial charge on any atom is -0.450 e. The van der Waals surface area contributed by atoms with Gasteiger partial charge in [0.15, 0.2) is 23.3 Å². The number of carbonyl (C=O) groups is 1. The molecule has 0 radical (unpaired) electrons. The molecule has 0 aliphatic carbocycles. The number of fused-ring (bicyclic) bond motifs is 2. The number of hydrogen-bond donors (Lipinski definition) is 3. The van der Waals surface area contributed by atoms with Crippen LogP contribution in [0.3, 0.4) is 0 Å². The molecule has 288 valence electrons. The average Bonchev–Trinajstić information content (AvgIpc) is 3.91. The average molecular weight is 745 g/mol. The Morgan fingerprint density at radius 1 is 0.736 bits per heavy atom. The molecule has 2 aromatic carbocycles. The van der Waals surface area contributed by atoms with Crippen LogP contribution in [0.25, 0.3) is 22.1 Å². The van der Waals surface area contributed by atoms with Crippen molar-refractivity contribution in [1.29, 1.82) is 0 Å². The van der Waals surface area contributed by atoms with Crippen LogP contribution in [0.5, 0.6) is 0 Å². The highest BCUT2D eigenvalue weighted by molar-refractivity contribution is 5.76. The highest BCUT2D eigenvalue weighted by Gasteiger charge is 2.43. The third kappa shape index (κ3) is 7.12. The number of H-pyrrole nitrogens is 2. The van der Waals surface area contributed by atoms with E-state index < -0.39 is 23.3 Å². The SMILES string of the molecule is CC1(N2CCC(n3c(=O)[nH]c4cc(F)c(F)cc43)CC2)CCNC1.CCOC(=O)N1CCC(C)(N2CCC(n3c(=O)[nH]c4cc(F)c(F)cc43)CC2)C1. The van der Waals surface area contributed by atoms with Gasteiger partial charge in [0, 0.05) is 93.2 Å². The predicted molar refractivity (Wildman–Crippen MR) is 192 cm³/mol. The van der Waals surface area contributed by atoms with Gasteiger partial charge in [0.1, 0.15) is 0 Å². The Balaban J connectivity index is 0.000000167. The first-order chi connectivity index (χ1) is 25.3. The number of rotatable bonds is 5. The smallest absolute Gasteiger partial charge is 0.409 e. The van der Waals surface area contributed by atoms with Crippen LogP contribution < -0.4 is 16.7 Å². The first-order valence-electron chi connectivity index (χ1n) is 18.6. The second-order valence-corrected chi connectivity index (χ2v) is 15.4. The maximum Gasteiger partial charge on any atom is 0.409 e. The molecule has 4 aromatic rings. The molecule has 12 nitrogen and oxygen atoms in total. The van der Waals surface area contributed by atoms with Crippen LogP contribution in [0, 0.1) is 23.3 Å². The summed E-state index contributed by atoms with van der Waals surface area (Å²) >= 11 is 0. The molecule has 1 amide bonds. The van der Waals surface area contributed by atoms with E-state index in [1.807, 2.05) is 0 Å². The van der Waals surface area contributed by atoms with Crippen LogP contribution in [-0.2, 0) is 4.74 Å². The van der Waals surface area contributed by atoms with E-state index in [4.69, 9.17) is 4.74 Å². The molecule has 16 heteroatoms. The van der Waals surface area contributed by atoms with E-state index in [0.717, 1.165) is 102 Å². The van der Waals surface area contributed by atoms with Gasteiger partial charge in [-0.3, -0.25) is 18.9 Å². The fraction of sp³-hybridized carbons (Fsp3) is 0.595. The van der Waals surface area contributed by atoms with Crippen LogP contribution >= 0.6 is 0 Å². The number of amides is 1. The minimum absolute atomic E-state index is 0.0188. The molecule has 3 N–H and O–H groups in total. The Labute approximate surface area is 304 Å². The molecule has 8 rings (SSSR count). The molecule has 6 heterocycles. The molecule has 0 spiro atoms. The number of halogens is 4. The van der Waals surface area contributed by atoms with Gasteiger partial charge in [0.25, 0.3) is 0 Å². The minimum atomic E-state index is -0.971. The van der Waals surface area contributed by atoms with Crippen molar-refractivity contribution in [2.45, 2.75) is 82.5 Å². The standard InChI is InChI=1S/C20H26F2N4O3.C17H22F2N4O/c1-3-29-19(28)24-9-6-20(2,12-24)25-7-4-13(5-8-25)26-17-11-15(22)14(21)10-16(17)23-18(26)27;1-17(4-5-20-10-17)22-6-2-11(3-7-22)23-15-9-13(19)12(18)8-14(15)21-16(23)24/h10-11,13H,3-9,12H2,1-2H3,(H,23,27);8-9,11,20H,2-7,10H2,1H3,(H,21,24). The van der Waals surface area contributed by atoms with Crippen LogP contribution in [0.1, 0.15) is 71.4 Å². The number of likely N-dealkylation sites (tertiary alicyclic amines) is 3. The van der Waals surface area contributed by atoms with Crippen molar-refractivity contribution in [2.24, 2.45) is 0 Å².